The Kier molecular flexibility index (Phi) is 43.3. The summed E-state index contributed by atoms with van der Waals surface area (Å²) in [5.41, 5.74) is 5.36. The fourth-order valence-electron chi connectivity index (χ4n) is 7.04. The van der Waals surface area contributed by atoms with Gasteiger partial charge in [0.05, 0.1) is 13.2 Å². The lowest BCUT2D eigenvalue weighted by atomic mass is 10.0. The molecule has 0 aliphatic heterocycles. The molecule has 0 aromatic rings. The van der Waals surface area contributed by atoms with Gasteiger partial charge in [-0.25, -0.2) is 4.57 Å². The van der Waals surface area contributed by atoms with Crippen LogP contribution in [0.2, 0.25) is 0 Å². The molecule has 0 fully saturated rings. The molecule has 0 bridgehead atoms. The van der Waals surface area contributed by atoms with Crippen LogP contribution in [0, 0.1) is 0 Å². The molecule has 0 aliphatic carbocycles. The normalized spacial score (nSPS) is 13.3. The van der Waals surface area contributed by atoms with Crippen LogP contribution >= 0.6 is 7.82 Å². The molecule has 0 radical (unpaired) electrons. The molecule has 0 aromatic carbocycles. The average Bonchev–Trinajstić information content (AvgIpc) is 3.20. The number of hydrogen-bond donors (Lipinski definition) is 2. The molecule has 1 unspecified atom stereocenters. The van der Waals surface area contributed by atoms with Gasteiger partial charge in [-0.05, 0) is 38.5 Å². The minimum Gasteiger partial charge on any atom is -0.462 e. The van der Waals surface area contributed by atoms with Crippen molar-refractivity contribution in [3.63, 3.8) is 0 Å². The van der Waals surface area contributed by atoms with E-state index >= 15 is 0 Å². The number of phosphoric ester groups is 1. The van der Waals surface area contributed by atoms with E-state index in [1.165, 1.54) is 173 Å². The maximum Gasteiger partial charge on any atom is 0.472 e. The maximum absolute atomic E-state index is 12.6. The fraction of sp³-hybridized carbons (Fsp3) is 0.915. The second kappa shape index (κ2) is 44.3. The van der Waals surface area contributed by atoms with Crippen LogP contribution in [0.3, 0.4) is 0 Å². The Balaban J connectivity index is 4.04. The molecule has 0 rings (SSSR count). The van der Waals surface area contributed by atoms with Gasteiger partial charge in [0.2, 0.25) is 0 Å². The smallest absolute Gasteiger partial charge is 0.462 e. The average molecular weight is 830 g/mol. The largest absolute Gasteiger partial charge is 0.472 e. The SMILES string of the molecule is CCCCCC/C=C/CCCCCCCCCCCC(=O)O[C@H](COC(=O)CCCCCCCCCCCCCCCCCCCCC)COP(=O)(O)OCCN. The third-order valence-corrected chi connectivity index (χ3v) is 11.6. The van der Waals surface area contributed by atoms with Gasteiger partial charge in [0.1, 0.15) is 6.61 Å². The summed E-state index contributed by atoms with van der Waals surface area (Å²) in [6.45, 7) is 3.77. The lowest BCUT2D eigenvalue weighted by molar-refractivity contribution is -0.161. The highest BCUT2D eigenvalue weighted by Crippen LogP contribution is 2.43. The number of carbonyl (C=O) groups is 2. The lowest BCUT2D eigenvalue weighted by Gasteiger charge is -2.19. The van der Waals surface area contributed by atoms with Crippen LogP contribution in [-0.4, -0.2) is 49.3 Å². The molecule has 0 spiro atoms. The Morgan fingerprint density at radius 2 is 0.860 bits per heavy atom. The number of nitrogens with two attached hydrogens (primary N) is 1. The van der Waals surface area contributed by atoms with E-state index in [1.54, 1.807) is 0 Å². The van der Waals surface area contributed by atoms with Crippen molar-refractivity contribution in [2.45, 2.75) is 251 Å². The number of carbonyl (C=O) groups excluding carboxylic acids is 2. The Labute approximate surface area is 351 Å². The first-order valence-electron chi connectivity index (χ1n) is 24.2. The number of ether oxygens (including phenoxy) is 2. The topological polar surface area (TPSA) is 134 Å². The molecule has 0 saturated carbocycles. The zero-order valence-electron chi connectivity index (χ0n) is 37.3. The predicted octanol–water partition coefficient (Wildman–Crippen LogP) is 14.2. The van der Waals surface area contributed by atoms with Crippen molar-refractivity contribution in [3.05, 3.63) is 12.2 Å². The summed E-state index contributed by atoms with van der Waals surface area (Å²) in [6.07, 6.45) is 46.7. The summed E-state index contributed by atoms with van der Waals surface area (Å²) in [7, 11) is -4.37. The molecule has 9 nitrogen and oxygen atoms in total. The second-order valence-electron chi connectivity index (χ2n) is 16.3. The Hall–Kier alpha value is -1.25. The van der Waals surface area contributed by atoms with Crippen molar-refractivity contribution in [1.29, 1.82) is 0 Å². The van der Waals surface area contributed by atoms with Gasteiger partial charge in [-0.2, -0.15) is 0 Å². The van der Waals surface area contributed by atoms with E-state index in [0.29, 0.717) is 6.42 Å². The van der Waals surface area contributed by atoms with Crippen LogP contribution in [-0.2, 0) is 32.7 Å². The van der Waals surface area contributed by atoms with Crippen molar-refractivity contribution < 1.29 is 37.6 Å². The second-order valence-corrected chi connectivity index (χ2v) is 17.8. The molecule has 0 amide bonds. The standard InChI is InChI=1S/C47H92NO8P/c1-3-5-7-9-11-13-15-17-19-21-22-24-25-27-29-31-33-35-37-39-46(49)53-43-45(44-55-57(51,52)54-42-41-48)56-47(50)40-38-36-34-32-30-28-26-23-20-18-16-14-12-10-8-6-4-2/h14,16,45H,3-13,15,17-44,48H2,1-2H3,(H,51,52)/b16-14+/t45-/m1/s1. The van der Waals surface area contributed by atoms with E-state index in [2.05, 4.69) is 26.0 Å². The van der Waals surface area contributed by atoms with Gasteiger partial charge in [-0.3, -0.25) is 18.6 Å². The molecule has 10 heteroatoms. The quantitative estimate of drug-likeness (QED) is 0.0266. The Morgan fingerprint density at radius 3 is 1.26 bits per heavy atom. The zero-order chi connectivity index (χ0) is 41.8. The van der Waals surface area contributed by atoms with Gasteiger partial charge in [0.25, 0.3) is 0 Å². The monoisotopic (exact) mass is 830 g/mol. The van der Waals surface area contributed by atoms with Gasteiger partial charge in [-0.15, -0.1) is 0 Å². The number of rotatable bonds is 46. The van der Waals surface area contributed by atoms with Gasteiger partial charge in [0.15, 0.2) is 6.10 Å². The molecule has 0 aromatic heterocycles. The van der Waals surface area contributed by atoms with Crippen LogP contribution in [0.15, 0.2) is 12.2 Å². The highest BCUT2D eigenvalue weighted by Gasteiger charge is 2.26. The number of hydrogen-bond acceptors (Lipinski definition) is 8. The number of esters is 2. The van der Waals surface area contributed by atoms with Gasteiger partial charge in [0, 0.05) is 19.4 Å². The molecule has 2 atom stereocenters. The van der Waals surface area contributed by atoms with Gasteiger partial charge < -0.3 is 20.1 Å². The molecule has 57 heavy (non-hydrogen) atoms. The van der Waals surface area contributed by atoms with E-state index < -0.39 is 26.5 Å². The van der Waals surface area contributed by atoms with E-state index in [9.17, 15) is 19.0 Å². The van der Waals surface area contributed by atoms with E-state index in [1.807, 2.05) is 0 Å². The van der Waals surface area contributed by atoms with Crippen molar-refractivity contribution in [3.8, 4) is 0 Å². The summed E-state index contributed by atoms with van der Waals surface area (Å²) in [4.78, 5) is 35.0. The van der Waals surface area contributed by atoms with Crippen molar-refractivity contribution >= 4 is 19.8 Å². The number of unbranched alkanes of at least 4 members (excludes halogenated alkanes) is 31. The summed E-state index contributed by atoms with van der Waals surface area (Å²) in [5.74, 6) is -0.816. The van der Waals surface area contributed by atoms with Crippen molar-refractivity contribution in [2.75, 3.05) is 26.4 Å². The molecule has 0 aliphatic rings. The van der Waals surface area contributed by atoms with Crippen molar-refractivity contribution in [1.82, 2.24) is 0 Å². The van der Waals surface area contributed by atoms with Gasteiger partial charge in [-0.1, -0.05) is 206 Å². The van der Waals surface area contributed by atoms with Crippen LogP contribution in [0.4, 0.5) is 0 Å². The summed E-state index contributed by atoms with van der Waals surface area (Å²) in [6, 6.07) is 0. The van der Waals surface area contributed by atoms with E-state index in [0.717, 1.165) is 38.5 Å². The third kappa shape index (κ3) is 44.1. The van der Waals surface area contributed by atoms with Crippen LogP contribution in [0.25, 0.3) is 0 Å². The van der Waals surface area contributed by atoms with Crippen LogP contribution < -0.4 is 5.73 Å². The van der Waals surface area contributed by atoms with Crippen LogP contribution in [0.5, 0.6) is 0 Å². The van der Waals surface area contributed by atoms with Crippen LogP contribution in [0.1, 0.15) is 245 Å². The lowest BCUT2D eigenvalue weighted by Crippen LogP contribution is -2.29. The highest BCUT2D eigenvalue weighted by molar-refractivity contribution is 7.47. The first-order chi connectivity index (χ1) is 27.8. The summed E-state index contributed by atoms with van der Waals surface area (Å²) >= 11 is 0. The molecular weight excluding hydrogens is 737 g/mol. The Bertz CT molecular complexity index is 948. The fourth-order valence-corrected chi connectivity index (χ4v) is 7.81. The first-order valence-corrected chi connectivity index (χ1v) is 25.7. The van der Waals surface area contributed by atoms with Crippen molar-refractivity contribution in [2.24, 2.45) is 5.73 Å². The van der Waals surface area contributed by atoms with Gasteiger partial charge >= 0.3 is 19.8 Å². The zero-order valence-corrected chi connectivity index (χ0v) is 38.2. The summed E-state index contributed by atoms with van der Waals surface area (Å²) < 4.78 is 32.9. The minimum absolute atomic E-state index is 0.0561. The van der Waals surface area contributed by atoms with E-state index in [-0.39, 0.29) is 38.6 Å². The summed E-state index contributed by atoms with van der Waals surface area (Å²) in [5, 5.41) is 0. The maximum atomic E-state index is 12.6. The number of phosphoric acid groups is 1. The molecule has 3 N–H and O–H groups in total. The van der Waals surface area contributed by atoms with E-state index in [4.69, 9.17) is 24.3 Å². The molecule has 0 saturated heterocycles. The Morgan fingerprint density at radius 1 is 0.509 bits per heavy atom. The molecule has 0 heterocycles. The third-order valence-electron chi connectivity index (χ3n) is 10.7. The molecule has 338 valence electrons. The minimum atomic E-state index is -4.37. The highest BCUT2D eigenvalue weighted by atomic mass is 31.2. The first kappa shape index (κ1) is 55.8. The number of allylic oxidation sites excluding steroid dienone is 2. The predicted molar refractivity (Wildman–Crippen MR) is 238 cm³/mol. The molecular formula is C47H92NO8P.